The second kappa shape index (κ2) is 8.36. The van der Waals surface area contributed by atoms with E-state index in [4.69, 9.17) is 0 Å². The maximum absolute atomic E-state index is 11.8. The van der Waals surface area contributed by atoms with Gasteiger partial charge in [0.1, 0.15) is 0 Å². The number of nitro benzene ring substituents is 1. The summed E-state index contributed by atoms with van der Waals surface area (Å²) >= 11 is 0. The maximum atomic E-state index is 11.8. The van der Waals surface area contributed by atoms with Gasteiger partial charge in [-0.05, 0) is 29.8 Å². The van der Waals surface area contributed by atoms with Gasteiger partial charge in [-0.1, -0.05) is 0 Å². The number of carbonyl (C=O) groups is 1. The van der Waals surface area contributed by atoms with Gasteiger partial charge >= 0.3 is 35.5 Å². The number of nitrogens with zero attached hydrogens (tertiary/aromatic N) is 5. The molecular formula is C12H10N5NaO5. The number of esters is 1. The van der Waals surface area contributed by atoms with Crippen LogP contribution in [0.5, 0.6) is 5.88 Å². The van der Waals surface area contributed by atoms with E-state index < -0.39 is 22.5 Å². The summed E-state index contributed by atoms with van der Waals surface area (Å²) in [7, 11) is 0. The van der Waals surface area contributed by atoms with Gasteiger partial charge in [0.15, 0.2) is 5.69 Å². The van der Waals surface area contributed by atoms with Crippen LogP contribution in [-0.2, 0) is 4.74 Å². The molecule has 2 aromatic rings. The predicted octanol–water partition coefficient (Wildman–Crippen LogP) is -2.68. The van der Waals surface area contributed by atoms with Crippen molar-refractivity contribution in [3.05, 3.63) is 45.6 Å². The molecular weight excluding hydrogens is 317 g/mol. The molecule has 1 aromatic carbocycles. The molecule has 0 fully saturated rings. The van der Waals surface area contributed by atoms with Crippen LogP contribution in [0.15, 0.2) is 29.4 Å². The second-order valence-electron chi connectivity index (χ2n) is 3.95. The molecule has 0 amide bonds. The molecule has 114 valence electrons. The number of hydrogen-bond acceptors (Lipinski definition) is 8. The summed E-state index contributed by atoms with van der Waals surface area (Å²) in [6, 6.07) is 5.50. The number of hydrogen-bond donors (Lipinski definition) is 0. The minimum absolute atomic E-state index is 0. The van der Waals surface area contributed by atoms with Gasteiger partial charge in [0.25, 0.3) is 5.69 Å². The van der Waals surface area contributed by atoms with Crippen LogP contribution in [0, 0.1) is 10.1 Å². The molecule has 10 nitrogen and oxygen atoms in total. The molecule has 0 spiro atoms. The second-order valence-corrected chi connectivity index (χ2v) is 3.95. The Hall–Kier alpha value is -2.30. The Morgan fingerprint density at radius 2 is 2.09 bits per heavy atom. The zero-order chi connectivity index (χ0) is 16.1. The van der Waals surface area contributed by atoms with E-state index in [9.17, 15) is 20.0 Å². The van der Waals surface area contributed by atoms with Crippen LogP contribution < -0.4 is 34.7 Å². The van der Waals surface area contributed by atoms with Crippen LogP contribution >= 0.6 is 0 Å². The zero-order valence-electron chi connectivity index (χ0n) is 12.4. The number of aromatic nitrogens is 3. The average molecular weight is 327 g/mol. The van der Waals surface area contributed by atoms with Crippen molar-refractivity contribution < 1.29 is 49.1 Å². The minimum Gasteiger partial charge on any atom is -0.856 e. The summed E-state index contributed by atoms with van der Waals surface area (Å²) in [6.45, 7) is 1.71. The third-order valence-corrected chi connectivity index (χ3v) is 2.50. The van der Waals surface area contributed by atoms with Crippen LogP contribution in [-0.4, -0.2) is 38.8 Å². The quantitative estimate of drug-likeness (QED) is 0.192. The molecule has 1 heterocycles. The monoisotopic (exact) mass is 327 g/mol. The van der Waals surface area contributed by atoms with Crippen molar-refractivity contribution in [2.45, 2.75) is 6.92 Å². The SMILES string of the molecule is CCOC(=O)c1nnn(/N=C\c2ccc([N+](=O)[O-])cc2)c1[O-].[Na+]. The van der Waals surface area contributed by atoms with E-state index in [1.807, 2.05) is 0 Å². The number of carbonyl (C=O) groups excluding carboxylic acids is 1. The Balaban J connectivity index is 0.00000264. The van der Waals surface area contributed by atoms with Crippen molar-refractivity contribution in [2.75, 3.05) is 6.61 Å². The summed E-state index contributed by atoms with van der Waals surface area (Å²) in [5.74, 6) is -1.68. The molecule has 0 saturated heterocycles. The molecule has 0 bridgehead atoms. The van der Waals surface area contributed by atoms with Gasteiger partial charge in [-0.3, -0.25) is 10.1 Å². The van der Waals surface area contributed by atoms with Crippen molar-refractivity contribution in [1.82, 2.24) is 15.1 Å². The van der Waals surface area contributed by atoms with Gasteiger partial charge in [0.2, 0.25) is 0 Å². The smallest absolute Gasteiger partial charge is 0.856 e. The summed E-state index contributed by atoms with van der Waals surface area (Å²) < 4.78 is 4.65. The first-order valence-electron chi connectivity index (χ1n) is 6.11. The van der Waals surface area contributed by atoms with Gasteiger partial charge in [-0.15, -0.1) is 9.89 Å². The van der Waals surface area contributed by atoms with E-state index in [0.29, 0.717) is 10.4 Å². The summed E-state index contributed by atoms with van der Waals surface area (Å²) in [5, 5.41) is 32.9. The molecule has 2 rings (SSSR count). The zero-order valence-corrected chi connectivity index (χ0v) is 14.4. The van der Waals surface area contributed by atoms with Crippen molar-refractivity contribution in [1.29, 1.82) is 0 Å². The van der Waals surface area contributed by atoms with Gasteiger partial charge in [0.05, 0.1) is 17.7 Å². The first kappa shape index (κ1) is 18.7. The van der Waals surface area contributed by atoms with Gasteiger partial charge in [-0.25, -0.2) is 4.79 Å². The van der Waals surface area contributed by atoms with Crippen molar-refractivity contribution in [3.63, 3.8) is 0 Å². The molecule has 0 radical (unpaired) electrons. The fourth-order valence-electron chi connectivity index (χ4n) is 1.47. The third kappa shape index (κ3) is 4.58. The van der Waals surface area contributed by atoms with Crippen LogP contribution in [0.4, 0.5) is 5.69 Å². The fraction of sp³-hybridized carbons (Fsp3) is 0.167. The van der Waals surface area contributed by atoms with E-state index in [2.05, 4.69) is 20.2 Å². The van der Waals surface area contributed by atoms with E-state index in [1.165, 1.54) is 30.5 Å². The molecule has 1 aromatic heterocycles. The number of nitro groups is 1. The molecule has 11 heteroatoms. The normalized spacial score (nSPS) is 10.3. The van der Waals surface area contributed by atoms with Crippen molar-refractivity contribution >= 4 is 17.9 Å². The fourth-order valence-corrected chi connectivity index (χ4v) is 1.47. The number of rotatable bonds is 5. The number of ether oxygens (including phenoxy) is 1. The third-order valence-electron chi connectivity index (χ3n) is 2.50. The van der Waals surface area contributed by atoms with Crippen LogP contribution in [0.3, 0.4) is 0 Å². The van der Waals surface area contributed by atoms with Crippen molar-refractivity contribution in [3.8, 4) is 5.88 Å². The molecule has 0 aliphatic heterocycles. The molecule has 0 N–H and O–H groups in total. The summed E-state index contributed by atoms with van der Waals surface area (Å²) in [5.41, 5.74) is -0.00657. The van der Waals surface area contributed by atoms with E-state index in [0.717, 1.165) is 0 Å². The Labute approximate surface area is 152 Å². The van der Waals surface area contributed by atoms with Crippen molar-refractivity contribution in [2.24, 2.45) is 5.10 Å². The summed E-state index contributed by atoms with van der Waals surface area (Å²) in [6.07, 6.45) is 1.26. The van der Waals surface area contributed by atoms with Crippen LogP contribution in [0.25, 0.3) is 0 Å². The first-order chi connectivity index (χ1) is 10.5. The molecule has 23 heavy (non-hydrogen) atoms. The van der Waals surface area contributed by atoms with Gasteiger partial charge in [-0.2, -0.15) is 5.10 Å². The molecule has 0 aliphatic carbocycles. The Kier molecular flexibility index (Phi) is 6.82. The van der Waals surface area contributed by atoms with E-state index >= 15 is 0 Å². The van der Waals surface area contributed by atoms with Gasteiger partial charge in [0, 0.05) is 18.0 Å². The topological polar surface area (TPSA) is 136 Å². The van der Waals surface area contributed by atoms with Crippen LogP contribution in [0.2, 0.25) is 0 Å². The maximum Gasteiger partial charge on any atom is 1.00 e. The van der Waals surface area contributed by atoms with Gasteiger partial charge < -0.3 is 9.84 Å². The van der Waals surface area contributed by atoms with E-state index in [-0.39, 0.29) is 41.9 Å². The average Bonchev–Trinajstić information content (AvgIpc) is 2.87. The minimum atomic E-state index is -0.871. The standard InChI is InChI=1S/C12H11N5O5.Na/c1-2-22-12(19)10-11(18)16(15-14-10)13-7-8-3-5-9(6-4-8)17(20)21;/h3-7,18H,2H2,1H3;/q;+1/p-1/b13-7-;. The Bertz CT molecular complexity index is 728. The molecule has 0 unspecified atom stereocenters. The molecule has 0 saturated carbocycles. The predicted molar refractivity (Wildman–Crippen MR) is 71.5 cm³/mol. The first-order valence-corrected chi connectivity index (χ1v) is 6.11. The Morgan fingerprint density at radius 1 is 1.43 bits per heavy atom. The van der Waals surface area contributed by atoms with E-state index in [1.54, 1.807) is 6.92 Å². The summed E-state index contributed by atoms with van der Waals surface area (Å²) in [4.78, 5) is 22.0. The molecule has 0 atom stereocenters. The van der Waals surface area contributed by atoms with Crippen LogP contribution in [0.1, 0.15) is 23.0 Å². The number of benzene rings is 1. The Morgan fingerprint density at radius 3 is 2.65 bits per heavy atom. The molecule has 0 aliphatic rings. The largest absolute Gasteiger partial charge is 1.00 e. The number of non-ortho nitro benzene ring substituents is 1.